The Balaban J connectivity index is 3.04. The Morgan fingerprint density at radius 1 is 0.224 bits per heavy atom. The molecule has 296 valence electrons. The van der Waals surface area contributed by atoms with E-state index < -0.39 is 0 Å². The molecule has 0 amide bonds. The van der Waals surface area contributed by atoms with Crippen molar-refractivity contribution in [1.82, 2.24) is 0 Å². The summed E-state index contributed by atoms with van der Waals surface area (Å²) >= 11 is 3.30. The number of unbranched alkanes of at least 4 members (excludes halogenated alkanes) is 9. The van der Waals surface area contributed by atoms with E-state index in [4.69, 9.17) is 56.8 Å². The first-order valence-electron chi connectivity index (χ1n) is 18.9. The smallest absolute Gasteiger partial charge is 0.0701 e. The highest BCUT2D eigenvalue weighted by Crippen LogP contribution is 2.10. The summed E-state index contributed by atoms with van der Waals surface area (Å²) in [7, 11) is 0. The van der Waals surface area contributed by atoms with Gasteiger partial charge in [-0.1, -0.05) is 80.6 Å². The molecule has 0 aliphatic carbocycles. The van der Waals surface area contributed by atoms with E-state index >= 15 is 0 Å². The summed E-state index contributed by atoms with van der Waals surface area (Å²) in [5, 5.41) is 0.840. The Bertz CT molecular complexity index is 522. The van der Waals surface area contributed by atoms with E-state index in [1.807, 2.05) is 0 Å². The lowest BCUT2D eigenvalue weighted by molar-refractivity contribution is -0.0282. The minimum absolute atomic E-state index is 0.520. The maximum absolute atomic E-state index is 5.65. The van der Waals surface area contributed by atoms with Gasteiger partial charge in [-0.25, -0.2) is 0 Å². The van der Waals surface area contributed by atoms with E-state index in [0.29, 0.717) is 152 Å². The third kappa shape index (κ3) is 48.0. The Labute approximate surface area is 307 Å². The highest BCUT2D eigenvalue weighted by atomic mass is 79.9. The molecule has 0 spiro atoms. The molecule has 0 N–H and O–H groups in total. The van der Waals surface area contributed by atoms with Crippen molar-refractivity contribution in [3.8, 4) is 0 Å². The van der Waals surface area contributed by atoms with Gasteiger partial charge in [0.15, 0.2) is 0 Å². The third-order valence-corrected chi connectivity index (χ3v) is 7.28. The van der Waals surface area contributed by atoms with Gasteiger partial charge < -0.3 is 56.8 Å². The number of rotatable bonds is 46. The topological polar surface area (TPSA) is 111 Å². The SMILES string of the molecule is CCCCCCCCCCCCOCCOCCOCCOCCOCCOCCOCCOCCOCCOCCOCCOCCBr. The highest BCUT2D eigenvalue weighted by molar-refractivity contribution is 9.09. The monoisotopic (exact) mass is 776 g/mol. The maximum atomic E-state index is 5.65. The summed E-state index contributed by atoms with van der Waals surface area (Å²) in [6, 6.07) is 0. The molecule has 0 aromatic rings. The van der Waals surface area contributed by atoms with Crippen LogP contribution < -0.4 is 0 Å². The van der Waals surface area contributed by atoms with Gasteiger partial charge in [-0.2, -0.15) is 0 Å². The molecule has 49 heavy (non-hydrogen) atoms. The number of halogens is 1. The predicted octanol–water partition coefficient (Wildman–Crippen LogP) is 5.50. The molecule has 0 heterocycles. The van der Waals surface area contributed by atoms with Gasteiger partial charge in [0, 0.05) is 11.9 Å². The van der Waals surface area contributed by atoms with Crippen LogP contribution in [0.1, 0.15) is 71.1 Å². The predicted molar refractivity (Wildman–Crippen MR) is 195 cm³/mol. The first-order chi connectivity index (χ1) is 24.4. The van der Waals surface area contributed by atoms with Crippen molar-refractivity contribution >= 4 is 15.9 Å². The summed E-state index contributed by atoms with van der Waals surface area (Å²) in [6.45, 7) is 15.9. The van der Waals surface area contributed by atoms with Crippen molar-refractivity contribution in [2.24, 2.45) is 0 Å². The average Bonchev–Trinajstić information content (AvgIpc) is 3.11. The highest BCUT2D eigenvalue weighted by Gasteiger charge is 1.97. The van der Waals surface area contributed by atoms with Gasteiger partial charge in [-0.3, -0.25) is 0 Å². The molecule has 0 atom stereocenters. The van der Waals surface area contributed by atoms with Gasteiger partial charge in [0.05, 0.1) is 152 Å². The summed E-state index contributed by atoms with van der Waals surface area (Å²) in [5.74, 6) is 0. The number of ether oxygens (including phenoxy) is 12. The molecule has 0 bridgehead atoms. The molecule has 0 rings (SSSR count). The van der Waals surface area contributed by atoms with E-state index in [1.165, 1.54) is 57.8 Å². The fourth-order valence-electron chi connectivity index (χ4n) is 4.27. The largest absolute Gasteiger partial charge is 0.379 e. The van der Waals surface area contributed by atoms with Gasteiger partial charge in [-0.15, -0.1) is 0 Å². The molecular weight excluding hydrogens is 704 g/mol. The lowest BCUT2D eigenvalue weighted by atomic mass is 10.1. The Kier molecular flexibility index (Phi) is 48.0. The van der Waals surface area contributed by atoms with Gasteiger partial charge in [0.25, 0.3) is 0 Å². The summed E-state index contributed by atoms with van der Waals surface area (Å²) < 4.78 is 65.8. The molecule has 0 aliphatic rings. The zero-order valence-corrected chi connectivity index (χ0v) is 32.6. The van der Waals surface area contributed by atoms with Crippen LogP contribution in [0.4, 0.5) is 0 Å². The van der Waals surface area contributed by atoms with Crippen LogP contribution >= 0.6 is 15.9 Å². The van der Waals surface area contributed by atoms with Crippen molar-refractivity contribution in [3.05, 3.63) is 0 Å². The number of hydrogen-bond acceptors (Lipinski definition) is 12. The quantitative estimate of drug-likeness (QED) is 0.0575. The van der Waals surface area contributed by atoms with Gasteiger partial charge >= 0.3 is 0 Å². The maximum Gasteiger partial charge on any atom is 0.0701 e. The van der Waals surface area contributed by atoms with Crippen LogP contribution in [-0.2, 0) is 56.8 Å². The van der Waals surface area contributed by atoms with Crippen molar-refractivity contribution < 1.29 is 56.8 Å². The summed E-state index contributed by atoms with van der Waals surface area (Å²) in [5.41, 5.74) is 0. The molecular formula is C36H73BrO12. The summed E-state index contributed by atoms with van der Waals surface area (Å²) in [6.07, 6.45) is 13.4. The second-order valence-electron chi connectivity index (χ2n) is 11.2. The summed E-state index contributed by atoms with van der Waals surface area (Å²) in [4.78, 5) is 0. The van der Waals surface area contributed by atoms with Crippen LogP contribution in [0.2, 0.25) is 0 Å². The van der Waals surface area contributed by atoms with Crippen LogP contribution in [0.15, 0.2) is 0 Å². The van der Waals surface area contributed by atoms with E-state index in [-0.39, 0.29) is 0 Å². The number of hydrogen-bond donors (Lipinski definition) is 0. The molecule has 0 unspecified atom stereocenters. The molecule has 0 fully saturated rings. The number of alkyl halides is 1. The van der Waals surface area contributed by atoms with Crippen LogP contribution in [0.3, 0.4) is 0 Å². The van der Waals surface area contributed by atoms with Gasteiger partial charge in [0.2, 0.25) is 0 Å². The fourth-order valence-corrected chi connectivity index (χ4v) is 4.50. The fraction of sp³-hybridized carbons (Fsp3) is 1.00. The van der Waals surface area contributed by atoms with Gasteiger partial charge in [-0.05, 0) is 6.42 Å². The van der Waals surface area contributed by atoms with Crippen molar-refractivity contribution in [2.45, 2.75) is 71.1 Å². The van der Waals surface area contributed by atoms with Crippen molar-refractivity contribution in [2.75, 3.05) is 164 Å². The van der Waals surface area contributed by atoms with E-state index in [9.17, 15) is 0 Å². The molecule has 0 aliphatic heterocycles. The average molecular weight is 778 g/mol. The third-order valence-electron chi connectivity index (χ3n) is 6.96. The molecule has 13 heteroatoms. The minimum Gasteiger partial charge on any atom is -0.379 e. The lowest BCUT2D eigenvalue weighted by Gasteiger charge is -2.09. The van der Waals surface area contributed by atoms with E-state index in [0.717, 1.165) is 18.4 Å². The van der Waals surface area contributed by atoms with Crippen LogP contribution in [0.25, 0.3) is 0 Å². The molecule has 0 aromatic heterocycles. The van der Waals surface area contributed by atoms with Crippen LogP contribution in [-0.4, -0.2) is 164 Å². The second-order valence-corrected chi connectivity index (χ2v) is 12.0. The zero-order chi connectivity index (χ0) is 35.2. The van der Waals surface area contributed by atoms with Gasteiger partial charge in [0.1, 0.15) is 0 Å². The van der Waals surface area contributed by atoms with E-state index in [2.05, 4.69) is 22.9 Å². The molecule has 0 radical (unpaired) electrons. The molecule has 0 saturated carbocycles. The first kappa shape index (κ1) is 49.0. The minimum atomic E-state index is 0.520. The molecule has 0 saturated heterocycles. The van der Waals surface area contributed by atoms with Crippen LogP contribution in [0.5, 0.6) is 0 Å². The Morgan fingerprint density at radius 2 is 0.408 bits per heavy atom. The molecule has 0 aromatic carbocycles. The van der Waals surface area contributed by atoms with Crippen molar-refractivity contribution in [1.29, 1.82) is 0 Å². The lowest BCUT2D eigenvalue weighted by Crippen LogP contribution is -2.15. The Hall–Kier alpha value is 0.0000000000000000555. The molecule has 12 nitrogen and oxygen atoms in total. The van der Waals surface area contributed by atoms with E-state index in [1.54, 1.807) is 0 Å². The van der Waals surface area contributed by atoms with Crippen molar-refractivity contribution in [3.63, 3.8) is 0 Å². The Morgan fingerprint density at radius 3 is 0.633 bits per heavy atom. The van der Waals surface area contributed by atoms with Crippen LogP contribution in [0, 0.1) is 0 Å². The second kappa shape index (κ2) is 48.0. The zero-order valence-electron chi connectivity index (χ0n) is 31.0. The first-order valence-corrected chi connectivity index (χ1v) is 20.0. The standard InChI is InChI=1S/C36H73BrO12/c1-2-3-4-5-6-7-8-9-10-11-13-38-15-17-40-19-21-42-23-25-44-27-29-46-31-33-48-35-36-49-34-32-47-30-28-45-26-24-43-22-20-41-18-16-39-14-12-37/h2-36H2,1H3. The normalized spacial score (nSPS) is 11.6.